The molecule has 1 aromatic rings. The molecule has 0 radical (unpaired) electrons. The van der Waals surface area contributed by atoms with Gasteiger partial charge >= 0.3 is 5.97 Å². The SMILES string of the molecule is CCc1ccc(C(C)NC(C)C(=O)O)cc1. The second-order valence-corrected chi connectivity index (χ2v) is 4.04. The van der Waals surface area contributed by atoms with E-state index in [1.807, 2.05) is 19.1 Å². The molecule has 88 valence electrons. The van der Waals surface area contributed by atoms with Crippen molar-refractivity contribution in [2.24, 2.45) is 0 Å². The first-order valence-corrected chi connectivity index (χ1v) is 5.62. The van der Waals surface area contributed by atoms with Gasteiger partial charge in [0, 0.05) is 6.04 Å². The van der Waals surface area contributed by atoms with Gasteiger partial charge in [-0.2, -0.15) is 0 Å². The predicted octanol–water partition coefficient (Wildman–Crippen LogP) is 2.37. The first-order valence-electron chi connectivity index (χ1n) is 5.62. The summed E-state index contributed by atoms with van der Waals surface area (Å²) in [6, 6.07) is 7.78. The van der Waals surface area contributed by atoms with Crippen LogP contribution in [0.25, 0.3) is 0 Å². The summed E-state index contributed by atoms with van der Waals surface area (Å²) in [5, 5.41) is 11.8. The van der Waals surface area contributed by atoms with Gasteiger partial charge in [0.1, 0.15) is 6.04 Å². The van der Waals surface area contributed by atoms with Crippen molar-refractivity contribution < 1.29 is 9.90 Å². The van der Waals surface area contributed by atoms with Crippen molar-refractivity contribution >= 4 is 5.97 Å². The number of carboxylic acid groups (broad SMARTS) is 1. The van der Waals surface area contributed by atoms with E-state index in [1.165, 1.54) is 5.56 Å². The van der Waals surface area contributed by atoms with Crippen molar-refractivity contribution in [3.63, 3.8) is 0 Å². The number of carboxylic acids is 1. The fraction of sp³-hybridized carbons (Fsp3) is 0.462. The van der Waals surface area contributed by atoms with E-state index in [4.69, 9.17) is 5.11 Å². The number of benzene rings is 1. The van der Waals surface area contributed by atoms with Gasteiger partial charge in [0.25, 0.3) is 0 Å². The molecule has 0 aromatic heterocycles. The number of rotatable bonds is 5. The summed E-state index contributed by atoms with van der Waals surface area (Å²) in [5.74, 6) is -0.822. The second-order valence-electron chi connectivity index (χ2n) is 4.04. The minimum Gasteiger partial charge on any atom is -0.480 e. The molecule has 16 heavy (non-hydrogen) atoms. The maximum absolute atomic E-state index is 10.7. The second kappa shape index (κ2) is 5.66. The number of aryl methyl sites for hydroxylation is 1. The molecule has 0 heterocycles. The van der Waals surface area contributed by atoms with Crippen molar-refractivity contribution in [1.82, 2.24) is 5.32 Å². The molecule has 0 spiro atoms. The maximum atomic E-state index is 10.7. The molecule has 0 saturated heterocycles. The van der Waals surface area contributed by atoms with Gasteiger partial charge in [-0.25, -0.2) is 0 Å². The molecule has 0 saturated carbocycles. The molecule has 3 nitrogen and oxygen atoms in total. The largest absolute Gasteiger partial charge is 0.480 e. The van der Waals surface area contributed by atoms with Crippen molar-refractivity contribution in [2.45, 2.75) is 39.3 Å². The van der Waals surface area contributed by atoms with Crippen LogP contribution in [0.4, 0.5) is 0 Å². The van der Waals surface area contributed by atoms with Crippen LogP contribution >= 0.6 is 0 Å². The molecule has 1 rings (SSSR count). The van der Waals surface area contributed by atoms with Crippen LogP contribution in [-0.4, -0.2) is 17.1 Å². The Morgan fingerprint density at radius 3 is 2.31 bits per heavy atom. The van der Waals surface area contributed by atoms with Gasteiger partial charge in [-0.1, -0.05) is 31.2 Å². The number of nitrogens with one attached hydrogen (secondary N) is 1. The zero-order chi connectivity index (χ0) is 12.1. The molecule has 2 unspecified atom stereocenters. The lowest BCUT2D eigenvalue weighted by Crippen LogP contribution is -2.35. The molecule has 0 aliphatic carbocycles. The Labute approximate surface area is 96.5 Å². The third-order valence-corrected chi connectivity index (χ3v) is 2.76. The Hall–Kier alpha value is -1.35. The summed E-state index contributed by atoms with van der Waals surface area (Å²) >= 11 is 0. The third kappa shape index (κ3) is 3.35. The monoisotopic (exact) mass is 221 g/mol. The normalized spacial score (nSPS) is 14.4. The van der Waals surface area contributed by atoms with Crippen molar-refractivity contribution in [3.8, 4) is 0 Å². The van der Waals surface area contributed by atoms with Crippen LogP contribution in [0.15, 0.2) is 24.3 Å². The average molecular weight is 221 g/mol. The highest BCUT2D eigenvalue weighted by molar-refractivity contribution is 5.72. The zero-order valence-corrected chi connectivity index (χ0v) is 10.0. The van der Waals surface area contributed by atoms with Crippen LogP contribution in [-0.2, 0) is 11.2 Å². The van der Waals surface area contributed by atoms with E-state index in [0.29, 0.717) is 0 Å². The summed E-state index contributed by atoms with van der Waals surface area (Å²) in [4.78, 5) is 10.7. The topological polar surface area (TPSA) is 49.3 Å². The summed E-state index contributed by atoms with van der Waals surface area (Å²) in [6.45, 7) is 5.74. The van der Waals surface area contributed by atoms with Gasteiger partial charge in [-0.3, -0.25) is 10.1 Å². The molecular formula is C13H19NO2. The predicted molar refractivity (Wildman–Crippen MR) is 64.5 cm³/mol. The van der Waals surface area contributed by atoms with Gasteiger partial charge in [0.15, 0.2) is 0 Å². The van der Waals surface area contributed by atoms with Crippen LogP contribution in [0.2, 0.25) is 0 Å². The smallest absolute Gasteiger partial charge is 0.320 e. The highest BCUT2D eigenvalue weighted by atomic mass is 16.4. The Morgan fingerprint density at radius 2 is 1.88 bits per heavy atom. The molecule has 2 N–H and O–H groups in total. The Kier molecular flexibility index (Phi) is 4.50. The molecule has 0 aliphatic heterocycles. The Morgan fingerprint density at radius 1 is 1.31 bits per heavy atom. The van der Waals surface area contributed by atoms with Crippen LogP contribution in [0.3, 0.4) is 0 Å². The van der Waals surface area contributed by atoms with E-state index >= 15 is 0 Å². The van der Waals surface area contributed by atoms with Crippen molar-refractivity contribution in [1.29, 1.82) is 0 Å². The highest BCUT2D eigenvalue weighted by Gasteiger charge is 2.14. The summed E-state index contributed by atoms with van der Waals surface area (Å²) in [5.41, 5.74) is 2.41. The van der Waals surface area contributed by atoms with Gasteiger partial charge < -0.3 is 5.11 Å². The number of carbonyl (C=O) groups is 1. The zero-order valence-electron chi connectivity index (χ0n) is 10.0. The van der Waals surface area contributed by atoms with E-state index in [-0.39, 0.29) is 6.04 Å². The minimum atomic E-state index is -0.822. The van der Waals surface area contributed by atoms with E-state index in [9.17, 15) is 4.79 Å². The van der Waals surface area contributed by atoms with Crippen LogP contribution in [0, 0.1) is 0 Å². The van der Waals surface area contributed by atoms with Gasteiger partial charge in [0.05, 0.1) is 0 Å². The molecule has 0 amide bonds. The number of aliphatic carboxylic acids is 1. The van der Waals surface area contributed by atoms with Gasteiger partial charge in [-0.15, -0.1) is 0 Å². The lowest BCUT2D eigenvalue weighted by atomic mass is 10.0. The molecule has 2 atom stereocenters. The summed E-state index contributed by atoms with van der Waals surface area (Å²) in [7, 11) is 0. The van der Waals surface area contributed by atoms with Crippen LogP contribution < -0.4 is 5.32 Å². The summed E-state index contributed by atoms with van der Waals surface area (Å²) < 4.78 is 0. The standard InChI is InChI=1S/C13H19NO2/c1-4-11-5-7-12(8-6-11)9(2)14-10(3)13(15)16/h5-10,14H,4H2,1-3H3,(H,15,16). The number of hydrogen-bond donors (Lipinski definition) is 2. The molecule has 1 aromatic carbocycles. The van der Waals surface area contributed by atoms with Crippen molar-refractivity contribution in [2.75, 3.05) is 0 Å². The lowest BCUT2D eigenvalue weighted by Gasteiger charge is -2.17. The van der Waals surface area contributed by atoms with Crippen LogP contribution in [0.1, 0.15) is 37.9 Å². The van der Waals surface area contributed by atoms with Gasteiger partial charge in [0.2, 0.25) is 0 Å². The fourth-order valence-corrected chi connectivity index (χ4v) is 1.58. The minimum absolute atomic E-state index is 0.0528. The molecular weight excluding hydrogens is 202 g/mol. The average Bonchev–Trinajstić information content (AvgIpc) is 2.28. The van der Waals surface area contributed by atoms with Crippen molar-refractivity contribution in [3.05, 3.63) is 35.4 Å². The Bertz CT molecular complexity index is 345. The lowest BCUT2D eigenvalue weighted by molar-refractivity contribution is -0.139. The summed E-state index contributed by atoms with van der Waals surface area (Å²) in [6.07, 6.45) is 1.02. The molecule has 0 aliphatic rings. The van der Waals surface area contributed by atoms with Crippen LogP contribution in [0.5, 0.6) is 0 Å². The Balaban J connectivity index is 2.65. The number of hydrogen-bond acceptors (Lipinski definition) is 2. The van der Waals surface area contributed by atoms with Gasteiger partial charge in [-0.05, 0) is 31.4 Å². The van der Waals surface area contributed by atoms with E-state index in [0.717, 1.165) is 12.0 Å². The molecule has 0 fully saturated rings. The maximum Gasteiger partial charge on any atom is 0.320 e. The molecule has 3 heteroatoms. The first kappa shape index (κ1) is 12.7. The fourth-order valence-electron chi connectivity index (χ4n) is 1.58. The molecule has 0 bridgehead atoms. The van der Waals surface area contributed by atoms with E-state index in [1.54, 1.807) is 6.92 Å². The van der Waals surface area contributed by atoms with E-state index < -0.39 is 12.0 Å². The highest BCUT2D eigenvalue weighted by Crippen LogP contribution is 2.14. The first-order chi connectivity index (χ1) is 7.54. The van der Waals surface area contributed by atoms with E-state index in [2.05, 4.69) is 24.4 Å². The quantitative estimate of drug-likeness (QED) is 0.802. The third-order valence-electron chi connectivity index (χ3n) is 2.76.